The molecule has 0 saturated carbocycles. The number of halogens is 1. The molecule has 0 aliphatic carbocycles. The molecule has 1 saturated heterocycles. The van der Waals surface area contributed by atoms with Crippen molar-refractivity contribution in [3.8, 4) is 17.2 Å². The summed E-state index contributed by atoms with van der Waals surface area (Å²) in [6.45, 7) is 6.70. The Morgan fingerprint density at radius 1 is 0.971 bits per heavy atom. The molecule has 3 heterocycles. The minimum atomic E-state index is -0.275. The van der Waals surface area contributed by atoms with Gasteiger partial charge < -0.3 is 24.1 Å². The number of hydrogen-bond acceptors (Lipinski definition) is 4. The number of aryl methyl sites for hydroxylation is 1. The van der Waals surface area contributed by atoms with Crippen LogP contribution < -0.4 is 14.8 Å². The molecule has 0 unspecified atom stereocenters. The Morgan fingerprint density at radius 2 is 1.68 bits per heavy atom. The molecule has 5 rings (SSSR count). The van der Waals surface area contributed by atoms with Crippen LogP contribution >= 0.6 is 0 Å². The van der Waals surface area contributed by atoms with Gasteiger partial charge in [-0.3, -0.25) is 4.79 Å². The van der Waals surface area contributed by atoms with Gasteiger partial charge in [-0.2, -0.15) is 0 Å². The van der Waals surface area contributed by atoms with E-state index in [1.807, 2.05) is 50.2 Å². The zero-order valence-corrected chi connectivity index (χ0v) is 19.5. The highest BCUT2D eigenvalue weighted by Crippen LogP contribution is 2.35. The van der Waals surface area contributed by atoms with Gasteiger partial charge in [-0.1, -0.05) is 12.1 Å². The second-order valence-corrected chi connectivity index (χ2v) is 9.03. The summed E-state index contributed by atoms with van der Waals surface area (Å²) >= 11 is 0. The van der Waals surface area contributed by atoms with Gasteiger partial charge in [-0.05, 0) is 62.6 Å². The van der Waals surface area contributed by atoms with Crippen LogP contribution in [-0.4, -0.2) is 43.4 Å². The number of carbonyl (C=O) groups excluding carboxylic acids is 1. The number of rotatable bonds is 5. The van der Waals surface area contributed by atoms with Crippen molar-refractivity contribution in [1.29, 1.82) is 0 Å². The molecule has 0 atom stereocenters. The Balaban J connectivity index is 1.38. The molecule has 6 nitrogen and oxygen atoms in total. The van der Waals surface area contributed by atoms with Crippen molar-refractivity contribution in [2.24, 2.45) is 0 Å². The van der Waals surface area contributed by atoms with Gasteiger partial charge >= 0.3 is 0 Å². The van der Waals surface area contributed by atoms with Crippen LogP contribution in [0.15, 0.2) is 48.5 Å². The third-order valence-electron chi connectivity index (χ3n) is 6.95. The normalized spacial score (nSPS) is 16.8. The first kappa shape index (κ1) is 22.5. The largest absolute Gasteiger partial charge is 0.486 e. The lowest BCUT2D eigenvalue weighted by atomic mass is 9.74. The number of hydrogen-bond donors (Lipinski definition) is 1. The summed E-state index contributed by atoms with van der Waals surface area (Å²) in [5.41, 5.74) is 4.12. The number of amides is 1. The third kappa shape index (κ3) is 4.16. The van der Waals surface area contributed by atoms with Gasteiger partial charge in [-0.15, -0.1) is 0 Å². The van der Waals surface area contributed by atoms with Gasteiger partial charge in [-0.25, -0.2) is 4.39 Å². The molecule has 34 heavy (non-hydrogen) atoms. The minimum absolute atomic E-state index is 0.120. The maximum atomic E-state index is 13.5. The summed E-state index contributed by atoms with van der Waals surface area (Å²) in [6, 6.07) is 14.3. The van der Waals surface area contributed by atoms with Crippen LogP contribution in [0.25, 0.3) is 5.69 Å². The third-order valence-corrected chi connectivity index (χ3v) is 6.95. The Bertz CT molecular complexity index is 1200. The molecule has 1 aromatic heterocycles. The molecular formula is C27H29FN2O4. The second-order valence-electron chi connectivity index (χ2n) is 9.03. The maximum absolute atomic E-state index is 13.5. The molecule has 0 spiro atoms. The van der Waals surface area contributed by atoms with Crippen molar-refractivity contribution in [2.45, 2.75) is 32.1 Å². The lowest BCUT2D eigenvalue weighted by Gasteiger charge is -2.38. The number of ether oxygens (including phenoxy) is 3. The van der Waals surface area contributed by atoms with E-state index >= 15 is 0 Å². The van der Waals surface area contributed by atoms with Crippen LogP contribution in [0, 0.1) is 19.7 Å². The van der Waals surface area contributed by atoms with Gasteiger partial charge in [0.25, 0.3) is 5.91 Å². The summed E-state index contributed by atoms with van der Waals surface area (Å²) in [7, 11) is 0. The van der Waals surface area contributed by atoms with Crippen molar-refractivity contribution >= 4 is 5.91 Å². The summed E-state index contributed by atoms with van der Waals surface area (Å²) in [5.74, 6) is 1.06. The van der Waals surface area contributed by atoms with E-state index in [4.69, 9.17) is 14.2 Å². The first-order chi connectivity index (χ1) is 16.5. The molecule has 2 aliphatic heterocycles. The molecular weight excluding hydrogens is 435 g/mol. The number of nitrogens with one attached hydrogen (secondary N) is 1. The standard InChI is InChI=1S/C27H29FN2O4/c1-18-15-23(19(2)30(18)22-7-8-24-25(16-22)34-14-13-33-24)26(31)29-17-27(9-11-32-12-10-27)20-3-5-21(28)6-4-20/h3-8,15-16H,9-14,17H2,1-2H3,(H,29,31). The molecule has 7 heteroatoms. The summed E-state index contributed by atoms with van der Waals surface area (Å²) in [5, 5.41) is 3.16. The van der Waals surface area contributed by atoms with Crippen molar-refractivity contribution in [2.75, 3.05) is 33.0 Å². The van der Waals surface area contributed by atoms with Gasteiger partial charge in [0, 0.05) is 48.3 Å². The lowest BCUT2D eigenvalue weighted by Crippen LogP contribution is -2.44. The zero-order valence-electron chi connectivity index (χ0n) is 19.5. The van der Waals surface area contributed by atoms with E-state index in [1.165, 1.54) is 12.1 Å². The van der Waals surface area contributed by atoms with Gasteiger partial charge in [0.1, 0.15) is 19.0 Å². The van der Waals surface area contributed by atoms with E-state index in [-0.39, 0.29) is 17.1 Å². The monoisotopic (exact) mass is 464 g/mol. The van der Waals surface area contributed by atoms with E-state index < -0.39 is 0 Å². The zero-order chi connectivity index (χ0) is 23.7. The molecule has 178 valence electrons. The fourth-order valence-corrected chi connectivity index (χ4v) is 5.04. The molecule has 3 aromatic rings. The molecule has 2 aliphatic rings. The summed E-state index contributed by atoms with van der Waals surface area (Å²) in [6.07, 6.45) is 1.55. The minimum Gasteiger partial charge on any atom is -0.486 e. The highest BCUT2D eigenvalue weighted by Gasteiger charge is 2.35. The van der Waals surface area contributed by atoms with E-state index in [2.05, 4.69) is 9.88 Å². The van der Waals surface area contributed by atoms with Crippen LogP contribution in [0.4, 0.5) is 4.39 Å². The average molecular weight is 465 g/mol. The predicted octanol–water partition coefficient (Wildman–Crippen LogP) is 4.48. The molecule has 1 N–H and O–H groups in total. The molecule has 0 bridgehead atoms. The van der Waals surface area contributed by atoms with Gasteiger partial charge in [0.15, 0.2) is 11.5 Å². The quantitative estimate of drug-likeness (QED) is 0.605. The SMILES string of the molecule is Cc1cc(C(=O)NCC2(c3ccc(F)cc3)CCOCC2)c(C)n1-c1ccc2c(c1)OCCO2. The van der Waals surface area contributed by atoms with E-state index in [1.54, 1.807) is 0 Å². The van der Waals surface area contributed by atoms with Gasteiger partial charge in [0.2, 0.25) is 0 Å². The lowest BCUT2D eigenvalue weighted by molar-refractivity contribution is 0.0487. The molecule has 1 amide bonds. The second kappa shape index (κ2) is 9.14. The van der Waals surface area contributed by atoms with Crippen molar-refractivity contribution in [3.63, 3.8) is 0 Å². The Hall–Kier alpha value is -3.32. The predicted molar refractivity (Wildman–Crippen MR) is 127 cm³/mol. The fraction of sp³-hybridized carbons (Fsp3) is 0.370. The number of nitrogens with zero attached hydrogens (tertiary/aromatic N) is 1. The first-order valence-corrected chi connectivity index (χ1v) is 11.7. The van der Waals surface area contributed by atoms with Crippen LogP contribution in [0.5, 0.6) is 11.5 Å². The first-order valence-electron chi connectivity index (χ1n) is 11.7. The van der Waals surface area contributed by atoms with E-state index in [0.29, 0.717) is 44.3 Å². The number of benzene rings is 2. The number of carbonyl (C=O) groups is 1. The van der Waals surface area contributed by atoms with Crippen molar-refractivity contribution in [3.05, 3.63) is 76.9 Å². The molecule has 1 fully saturated rings. The summed E-state index contributed by atoms with van der Waals surface area (Å²) in [4.78, 5) is 13.3. The maximum Gasteiger partial charge on any atom is 0.253 e. The fourth-order valence-electron chi connectivity index (χ4n) is 5.04. The number of aromatic nitrogens is 1. The Morgan fingerprint density at radius 3 is 2.41 bits per heavy atom. The molecule has 2 aromatic carbocycles. The number of fused-ring (bicyclic) bond motifs is 1. The van der Waals surface area contributed by atoms with Crippen LogP contribution in [0.2, 0.25) is 0 Å². The highest BCUT2D eigenvalue weighted by molar-refractivity contribution is 5.96. The Kier molecular flexibility index (Phi) is 6.04. The van der Waals surface area contributed by atoms with Crippen molar-refractivity contribution in [1.82, 2.24) is 9.88 Å². The van der Waals surface area contributed by atoms with Gasteiger partial charge in [0.05, 0.1) is 5.56 Å². The summed E-state index contributed by atoms with van der Waals surface area (Å²) < 4.78 is 32.5. The van der Waals surface area contributed by atoms with E-state index in [0.717, 1.165) is 41.2 Å². The Labute approximate surface area is 198 Å². The van der Waals surface area contributed by atoms with E-state index in [9.17, 15) is 9.18 Å². The van der Waals surface area contributed by atoms with Crippen LogP contribution in [0.1, 0.15) is 40.2 Å². The topological polar surface area (TPSA) is 61.7 Å². The van der Waals surface area contributed by atoms with Crippen molar-refractivity contribution < 1.29 is 23.4 Å². The highest BCUT2D eigenvalue weighted by atomic mass is 19.1. The average Bonchev–Trinajstić information content (AvgIpc) is 3.17. The van der Waals surface area contributed by atoms with Crippen LogP contribution in [0.3, 0.4) is 0 Å². The smallest absolute Gasteiger partial charge is 0.253 e. The van der Waals surface area contributed by atoms with Crippen LogP contribution in [-0.2, 0) is 10.2 Å². The molecule has 0 radical (unpaired) electrons.